The molecule has 1 aromatic carbocycles. The number of nitrogens with one attached hydrogen (secondary N) is 1. The van der Waals surface area contributed by atoms with Crippen LogP contribution < -0.4 is 10.1 Å². The molecule has 0 bridgehead atoms. The molecule has 0 fully saturated rings. The number of hydrogen-bond donors (Lipinski definition) is 2. The van der Waals surface area contributed by atoms with Gasteiger partial charge in [-0.1, -0.05) is 11.2 Å². The second-order valence-electron chi connectivity index (χ2n) is 6.47. The molecule has 8 nitrogen and oxygen atoms in total. The Balaban J connectivity index is 1.70. The third-order valence-electron chi connectivity index (χ3n) is 4.56. The van der Waals surface area contributed by atoms with E-state index in [1.807, 2.05) is 0 Å². The lowest BCUT2D eigenvalue weighted by Crippen LogP contribution is -2.34. The number of carboxylic acids is 1. The van der Waals surface area contributed by atoms with Crippen LogP contribution in [0.1, 0.15) is 38.9 Å². The van der Waals surface area contributed by atoms with Gasteiger partial charge in [0.2, 0.25) is 0 Å². The molecular weight excluding hydrogens is 350 g/mol. The van der Waals surface area contributed by atoms with Gasteiger partial charge < -0.3 is 19.7 Å². The maximum Gasteiger partial charge on any atom is 0.330 e. The smallest absolute Gasteiger partial charge is 0.330 e. The van der Waals surface area contributed by atoms with Crippen LogP contribution in [0.5, 0.6) is 5.75 Å². The second kappa shape index (κ2) is 6.39. The highest BCUT2D eigenvalue weighted by atomic mass is 16.5. The molecule has 0 saturated heterocycles. The summed E-state index contributed by atoms with van der Waals surface area (Å²) in [5.41, 5.74) is 3.05. The number of benzene rings is 1. The highest BCUT2D eigenvalue weighted by Crippen LogP contribution is 2.29. The Hall–Kier alpha value is -3.42. The molecule has 1 unspecified atom stereocenters. The fourth-order valence-corrected chi connectivity index (χ4v) is 3.28. The summed E-state index contributed by atoms with van der Waals surface area (Å²) in [6.45, 7) is 4.00. The summed E-state index contributed by atoms with van der Waals surface area (Å²) in [6, 6.07) is 5.56. The van der Waals surface area contributed by atoms with Gasteiger partial charge >= 0.3 is 5.97 Å². The van der Waals surface area contributed by atoms with Crippen molar-refractivity contribution in [2.24, 2.45) is 0 Å². The molecule has 1 amide bonds. The van der Waals surface area contributed by atoms with Gasteiger partial charge in [-0.25, -0.2) is 9.78 Å². The Morgan fingerprint density at radius 3 is 2.85 bits per heavy atom. The van der Waals surface area contributed by atoms with Crippen LogP contribution >= 0.6 is 0 Å². The third kappa shape index (κ3) is 2.99. The average Bonchev–Trinajstić information content (AvgIpc) is 3.24. The maximum absolute atomic E-state index is 12.9. The van der Waals surface area contributed by atoms with Crippen LogP contribution in [-0.4, -0.2) is 33.7 Å². The van der Waals surface area contributed by atoms with E-state index in [9.17, 15) is 14.7 Å². The van der Waals surface area contributed by atoms with E-state index in [0.29, 0.717) is 35.4 Å². The van der Waals surface area contributed by atoms with Gasteiger partial charge in [0.1, 0.15) is 5.75 Å². The predicted molar refractivity (Wildman–Crippen MR) is 94.8 cm³/mol. The zero-order valence-electron chi connectivity index (χ0n) is 14.8. The van der Waals surface area contributed by atoms with E-state index < -0.39 is 17.9 Å². The number of hydrogen-bond acceptors (Lipinski definition) is 6. The van der Waals surface area contributed by atoms with Gasteiger partial charge in [0.25, 0.3) is 11.6 Å². The summed E-state index contributed by atoms with van der Waals surface area (Å²) in [7, 11) is 0. The number of carbonyl (C=O) groups is 2. The summed E-state index contributed by atoms with van der Waals surface area (Å²) >= 11 is 0. The fourth-order valence-electron chi connectivity index (χ4n) is 3.28. The minimum absolute atomic E-state index is 0.249. The Kier molecular flexibility index (Phi) is 4.02. The highest BCUT2D eigenvalue weighted by molar-refractivity contribution is 6.07. The first-order valence-electron chi connectivity index (χ1n) is 8.47. The van der Waals surface area contributed by atoms with E-state index in [0.717, 1.165) is 11.3 Å². The summed E-state index contributed by atoms with van der Waals surface area (Å²) in [5.74, 6) is -0.923. The molecule has 138 valence electrons. The number of pyridine rings is 1. The van der Waals surface area contributed by atoms with Crippen molar-refractivity contribution in [3.05, 3.63) is 52.3 Å². The van der Waals surface area contributed by atoms with Crippen molar-refractivity contribution < 1.29 is 24.0 Å². The maximum atomic E-state index is 12.9. The number of aromatic nitrogens is 2. The van der Waals surface area contributed by atoms with Crippen LogP contribution in [0.15, 0.2) is 28.8 Å². The quantitative estimate of drug-likeness (QED) is 0.727. The minimum atomic E-state index is -1.19. The van der Waals surface area contributed by atoms with Crippen molar-refractivity contribution in [3.8, 4) is 5.75 Å². The molecule has 2 N–H and O–H groups in total. The zero-order chi connectivity index (χ0) is 19.1. The van der Waals surface area contributed by atoms with E-state index in [-0.39, 0.29) is 11.3 Å². The van der Waals surface area contributed by atoms with Crippen LogP contribution in [0.2, 0.25) is 0 Å². The Labute approximate surface area is 154 Å². The summed E-state index contributed by atoms with van der Waals surface area (Å²) < 4.78 is 10.6. The number of aryl methyl sites for hydroxylation is 2. The number of nitrogens with zero attached hydrogens (tertiary/aromatic N) is 2. The van der Waals surface area contributed by atoms with Gasteiger partial charge in [-0.05, 0) is 43.2 Å². The molecule has 3 aromatic rings. The zero-order valence-corrected chi connectivity index (χ0v) is 14.8. The molecule has 1 aliphatic rings. The molecular formula is C19H17N3O5. The van der Waals surface area contributed by atoms with Gasteiger partial charge in [0.05, 0.1) is 23.3 Å². The van der Waals surface area contributed by atoms with Crippen LogP contribution in [0, 0.1) is 13.8 Å². The monoisotopic (exact) mass is 367 g/mol. The lowest BCUT2D eigenvalue weighted by atomic mass is 10.0. The Morgan fingerprint density at radius 1 is 1.26 bits per heavy atom. The molecule has 2 aromatic heterocycles. The van der Waals surface area contributed by atoms with Crippen molar-refractivity contribution in [1.82, 2.24) is 15.5 Å². The molecule has 1 atom stereocenters. The highest BCUT2D eigenvalue weighted by Gasteiger charge is 2.26. The van der Waals surface area contributed by atoms with Crippen molar-refractivity contribution in [1.29, 1.82) is 0 Å². The topological polar surface area (TPSA) is 115 Å². The molecule has 0 radical (unpaired) electrons. The van der Waals surface area contributed by atoms with Crippen LogP contribution in [0.3, 0.4) is 0 Å². The van der Waals surface area contributed by atoms with E-state index in [1.54, 1.807) is 38.1 Å². The third-order valence-corrected chi connectivity index (χ3v) is 4.56. The van der Waals surface area contributed by atoms with Gasteiger partial charge in [-0.3, -0.25) is 4.79 Å². The van der Waals surface area contributed by atoms with E-state index in [4.69, 9.17) is 9.26 Å². The molecule has 0 spiro atoms. The first kappa shape index (κ1) is 17.0. The van der Waals surface area contributed by atoms with Gasteiger partial charge in [-0.15, -0.1) is 0 Å². The number of fused-ring (bicyclic) bond motifs is 2. The lowest BCUT2D eigenvalue weighted by Gasteiger charge is -2.16. The molecule has 0 aliphatic carbocycles. The van der Waals surface area contributed by atoms with Crippen molar-refractivity contribution in [3.63, 3.8) is 0 Å². The minimum Gasteiger partial charge on any atom is -0.493 e. The standard InChI is InChI=1S/C19H17N3O5/c1-9-7-13(15-10(2)22-27-18(15)20-9)17(23)21-16(19(24)25)12-3-4-14-11(8-12)5-6-26-14/h3-4,7-8,16H,5-6H2,1-2H3,(H,21,23)(H,24,25). The number of aliphatic carboxylic acids is 1. The van der Waals surface area contributed by atoms with E-state index >= 15 is 0 Å². The number of amides is 1. The fraction of sp³-hybridized carbons (Fsp3) is 0.263. The van der Waals surface area contributed by atoms with Crippen molar-refractivity contribution in [2.45, 2.75) is 26.3 Å². The summed E-state index contributed by atoms with van der Waals surface area (Å²) in [4.78, 5) is 28.9. The van der Waals surface area contributed by atoms with Crippen LogP contribution in [0.25, 0.3) is 11.1 Å². The Bertz CT molecular complexity index is 1070. The van der Waals surface area contributed by atoms with Gasteiger partial charge in [0, 0.05) is 12.1 Å². The van der Waals surface area contributed by atoms with Crippen LogP contribution in [-0.2, 0) is 11.2 Å². The largest absolute Gasteiger partial charge is 0.493 e. The van der Waals surface area contributed by atoms with Crippen LogP contribution in [0.4, 0.5) is 0 Å². The average molecular weight is 367 g/mol. The summed E-state index contributed by atoms with van der Waals surface area (Å²) in [6.07, 6.45) is 0.716. The number of ether oxygens (including phenoxy) is 1. The number of carboxylic acid groups (broad SMARTS) is 1. The SMILES string of the molecule is Cc1cc(C(=O)NC(C(=O)O)c2ccc3c(c2)CCO3)c2c(C)noc2n1. The molecule has 0 saturated carbocycles. The lowest BCUT2D eigenvalue weighted by molar-refractivity contribution is -0.139. The number of carbonyl (C=O) groups excluding carboxylic acids is 1. The molecule has 4 rings (SSSR count). The molecule has 8 heteroatoms. The van der Waals surface area contributed by atoms with Gasteiger partial charge in [-0.2, -0.15) is 0 Å². The first-order chi connectivity index (χ1) is 12.9. The molecule has 1 aliphatic heterocycles. The van der Waals surface area contributed by atoms with Crippen molar-refractivity contribution in [2.75, 3.05) is 6.61 Å². The van der Waals surface area contributed by atoms with E-state index in [2.05, 4.69) is 15.5 Å². The second-order valence-corrected chi connectivity index (χ2v) is 6.47. The number of rotatable bonds is 4. The van der Waals surface area contributed by atoms with Gasteiger partial charge in [0.15, 0.2) is 6.04 Å². The molecule has 3 heterocycles. The first-order valence-corrected chi connectivity index (χ1v) is 8.47. The van der Waals surface area contributed by atoms with E-state index in [1.165, 1.54) is 0 Å². The summed E-state index contributed by atoms with van der Waals surface area (Å²) in [5, 5.41) is 16.6. The normalized spacial score (nSPS) is 13.9. The predicted octanol–water partition coefficient (Wildman–Crippen LogP) is 2.33. The van der Waals surface area contributed by atoms with Crippen molar-refractivity contribution >= 4 is 23.0 Å². The Morgan fingerprint density at radius 2 is 2.07 bits per heavy atom. The molecule has 27 heavy (non-hydrogen) atoms.